The van der Waals surface area contributed by atoms with Crippen LogP contribution in [-0.4, -0.2) is 66.4 Å². The van der Waals surface area contributed by atoms with Gasteiger partial charge in [0.25, 0.3) is 5.91 Å². The molecular formula is C20H29N3O4. The first-order valence-electron chi connectivity index (χ1n) is 9.36. The quantitative estimate of drug-likeness (QED) is 0.680. The van der Waals surface area contributed by atoms with Crippen LogP contribution in [-0.2, 0) is 14.3 Å². The van der Waals surface area contributed by atoms with Crippen LogP contribution in [0.4, 0.5) is 0 Å². The van der Waals surface area contributed by atoms with E-state index in [1.807, 2.05) is 0 Å². The Labute approximate surface area is 160 Å². The number of pyridine rings is 1. The third-order valence-corrected chi connectivity index (χ3v) is 5.24. The molecule has 0 aromatic carbocycles. The van der Waals surface area contributed by atoms with Gasteiger partial charge in [-0.15, -0.1) is 0 Å². The maximum atomic E-state index is 12.6. The van der Waals surface area contributed by atoms with Gasteiger partial charge in [0.2, 0.25) is 5.91 Å². The number of amides is 2. The fourth-order valence-corrected chi connectivity index (χ4v) is 3.55. The summed E-state index contributed by atoms with van der Waals surface area (Å²) in [7, 11) is 3.12. The maximum absolute atomic E-state index is 12.6. The standard InChI is InChI=1S/C20H29N3O4/c1-14(2)16-12-23(13-17(16)20(26)27-4)18(24)6-5-11-22(3)19(25)15-7-9-21-10-8-15/h7-10,14,16-17H,5-6,11-13H2,1-4H3/t16-,17+/m0/s1. The van der Waals surface area contributed by atoms with Crippen molar-refractivity contribution in [3.05, 3.63) is 30.1 Å². The van der Waals surface area contributed by atoms with E-state index in [0.717, 1.165) is 0 Å². The number of nitrogens with zero attached hydrogens (tertiary/aromatic N) is 3. The lowest BCUT2D eigenvalue weighted by molar-refractivity contribution is -0.146. The molecule has 0 N–H and O–H groups in total. The molecular weight excluding hydrogens is 346 g/mol. The van der Waals surface area contributed by atoms with Crippen LogP contribution in [0.2, 0.25) is 0 Å². The van der Waals surface area contributed by atoms with Crippen molar-refractivity contribution in [2.75, 3.05) is 33.8 Å². The number of hydrogen-bond donors (Lipinski definition) is 0. The fourth-order valence-electron chi connectivity index (χ4n) is 3.55. The van der Waals surface area contributed by atoms with Crippen LogP contribution >= 0.6 is 0 Å². The van der Waals surface area contributed by atoms with Gasteiger partial charge in [0, 0.05) is 51.1 Å². The SMILES string of the molecule is COC(=O)[C@@H]1CN(C(=O)CCCN(C)C(=O)c2ccncc2)C[C@H]1C(C)C. The molecule has 0 unspecified atom stereocenters. The summed E-state index contributed by atoms with van der Waals surface area (Å²) in [5, 5.41) is 0. The highest BCUT2D eigenvalue weighted by Gasteiger charge is 2.41. The summed E-state index contributed by atoms with van der Waals surface area (Å²) >= 11 is 0. The number of likely N-dealkylation sites (tertiary alicyclic amines) is 1. The summed E-state index contributed by atoms with van der Waals surface area (Å²) < 4.78 is 4.90. The Hall–Kier alpha value is -2.44. The second-order valence-corrected chi connectivity index (χ2v) is 7.40. The largest absolute Gasteiger partial charge is 0.469 e. The van der Waals surface area contributed by atoms with Gasteiger partial charge in [-0.3, -0.25) is 19.4 Å². The van der Waals surface area contributed by atoms with Crippen LogP contribution in [0.5, 0.6) is 0 Å². The zero-order chi connectivity index (χ0) is 20.0. The Morgan fingerprint density at radius 2 is 1.93 bits per heavy atom. The Bertz CT molecular complexity index is 662. The number of aromatic nitrogens is 1. The van der Waals surface area contributed by atoms with Crippen molar-refractivity contribution in [1.82, 2.24) is 14.8 Å². The normalized spacial score (nSPS) is 19.2. The van der Waals surface area contributed by atoms with Crippen LogP contribution in [0.3, 0.4) is 0 Å². The van der Waals surface area contributed by atoms with Gasteiger partial charge < -0.3 is 14.5 Å². The van der Waals surface area contributed by atoms with Gasteiger partial charge in [0.05, 0.1) is 13.0 Å². The molecule has 1 aliphatic heterocycles. The van der Waals surface area contributed by atoms with Crippen molar-refractivity contribution >= 4 is 17.8 Å². The van der Waals surface area contributed by atoms with E-state index in [0.29, 0.717) is 44.0 Å². The van der Waals surface area contributed by atoms with Gasteiger partial charge in [-0.2, -0.15) is 0 Å². The van der Waals surface area contributed by atoms with Crippen molar-refractivity contribution < 1.29 is 19.1 Å². The maximum Gasteiger partial charge on any atom is 0.310 e. The number of methoxy groups -OCH3 is 1. The lowest BCUT2D eigenvalue weighted by Crippen LogP contribution is -2.32. The first-order chi connectivity index (χ1) is 12.8. The third-order valence-electron chi connectivity index (χ3n) is 5.24. The molecule has 7 heteroatoms. The van der Waals surface area contributed by atoms with E-state index < -0.39 is 0 Å². The summed E-state index contributed by atoms with van der Waals surface area (Å²) in [5.74, 6) is -0.136. The van der Waals surface area contributed by atoms with Crippen molar-refractivity contribution in [3.63, 3.8) is 0 Å². The molecule has 1 aromatic heterocycles. The van der Waals surface area contributed by atoms with Gasteiger partial charge >= 0.3 is 5.97 Å². The molecule has 27 heavy (non-hydrogen) atoms. The van der Waals surface area contributed by atoms with E-state index in [9.17, 15) is 14.4 Å². The second-order valence-electron chi connectivity index (χ2n) is 7.40. The van der Waals surface area contributed by atoms with Gasteiger partial charge in [-0.05, 0) is 30.4 Å². The lowest BCUT2D eigenvalue weighted by Gasteiger charge is -2.20. The van der Waals surface area contributed by atoms with Crippen LogP contribution < -0.4 is 0 Å². The van der Waals surface area contributed by atoms with Crippen LogP contribution in [0, 0.1) is 17.8 Å². The molecule has 0 bridgehead atoms. The van der Waals surface area contributed by atoms with E-state index in [1.54, 1.807) is 41.4 Å². The van der Waals surface area contributed by atoms with E-state index in [-0.39, 0.29) is 29.6 Å². The summed E-state index contributed by atoms with van der Waals surface area (Å²) in [6.45, 7) is 5.62. The number of ether oxygens (including phenoxy) is 1. The Morgan fingerprint density at radius 3 is 2.52 bits per heavy atom. The third kappa shape index (κ3) is 5.28. The minimum atomic E-state index is -0.255. The number of carbonyl (C=O) groups is 3. The van der Waals surface area contributed by atoms with Crippen molar-refractivity contribution in [3.8, 4) is 0 Å². The van der Waals surface area contributed by atoms with Crippen LogP contribution in [0.15, 0.2) is 24.5 Å². The molecule has 0 saturated carbocycles. The molecule has 7 nitrogen and oxygen atoms in total. The highest BCUT2D eigenvalue weighted by atomic mass is 16.5. The topological polar surface area (TPSA) is 79.8 Å². The zero-order valence-corrected chi connectivity index (χ0v) is 16.6. The molecule has 2 rings (SSSR count). The van der Waals surface area contributed by atoms with Crippen LogP contribution in [0.25, 0.3) is 0 Å². The number of hydrogen-bond acceptors (Lipinski definition) is 5. The Kier molecular flexibility index (Phi) is 7.33. The molecule has 0 radical (unpaired) electrons. The molecule has 2 amide bonds. The number of rotatable bonds is 7. The Balaban J connectivity index is 1.83. The molecule has 2 heterocycles. The average Bonchev–Trinajstić information content (AvgIpc) is 3.13. The first kappa shape index (κ1) is 20.9. The summed E-state index contributed by atoms with van der Waals surface area (Å²) in [5.41, 5.74) is 0.582. The molecule has 0 aliphatic carbocycles. The van der Waals surface area contributed by atoms with E-state index in [4.69, 9.17) is 4.74 Å². The van der Waals surface area contributed by atoms with E-state index in [1.165, 1.54) is 7.11 Å². The highest BCUT2D eigenvalue weighted by Crippen LogP contribution is 2.31. The van der Waals surface area contributed by atoms with Crippen molar-refractivity contribution in [1.29, 1.82) is 0 Å². The molecule has 2 atom stereocenters. The highest BCUT2D eigenvalue weighted by molar-refractivity contribution is 5.93. The second kappa shape index (κ2) is 9.48. The zero-order valence-electron chi connectivity index (χ0n) is 16.6. The molecule has 148 valence electrons. The monoisotopic (exact) mass is 375 g/mol. The van der Waals surface area contributed by atoms with Gasteiger partial charge in [0.15, 0.2) is 0 Å². The molecule has 1 aliphatic rings. The minimum absolute atomic E-state index is 0.0248. The number of carbonyl (C=O) groups excluding carboxylic acids is 3. The Morgan fingerprint density at radius 1 is 1.26 bits per heavy atom. The first-order valence-corrected chi connectivity index (χ1v) is 9.36. The smallest absolute Gasteiger partial charge is 0.310 e. The summed E-state index contributed by atoms with van der Waals surface area (Å²) in [4.78, 5) is 44.1. The predicted molar refractivity (Wildman–Crippen MR) is 101 cm³/mol. The molecule has 1 saturated heterocycles. The molecule has 1 aromatic rings. The van der Waals surface area contributed by atoms with Gasteiger partial charge in [-0.1, -0.05) is 13.8 Å². The van der Waals surface area contributed by atoms with Crippen LogP contribution in [0.1, 0.15) is 37.0 Å². The van der Waals surface area contributed by atoms with E-state index >= 15 is 0 Å². The fraction of sp³-hybridized carbons (Fsp3) is 0.600. The molecule has 1 fully saturated rings. The van der Waals surface area contributed by atoms with Gasteiger partial charge in [-0.25, -0.2) is 0 Å². The van der Waals surface area contributed by atoms with E-state index in [2.05, 4.69) is 18.8 Å². The minimum Gasteiger partial charge on any atom is -0.469 e. The summed E-state index contributed by atoms with van der Waals surface area (Å²) in [6.07, 6.45) is 4.10. The molecule has 0 spiro atoms. The number of esters is 1. The average molecular weight is 375 g/mol. The van der Waals surface area contributed by atoms with Gasteiger partial charge in [0.1, 0.15) is 0 Å². The van der Waals surface area contributed by atoms with Crippen molar-refractivity contribution in [2.45, 2.75) is 26.7 Å². The summed E-state index contributed by atoms with van der Waals surface area (Å²) in [6, 6.07) is 3.35. The predicted octanol–water partition coefficient (Wildman–Crippen LogP) is 1.84. The van der Waals surface area contributed by atoms with Crippen molar-refractivity contribution in [2.24, 2.45) is 17.8 Å². The lowest BCUT2D eigenvalue weighted by atomic mass is 9.86.